The highest BCUT2D eigenvalue weighted by Gasteiger charge is 2.31. The van der Waals surface area contributed by atoms with Crippen molar-refractivity contribution in [2.24, 2.45) is 0 Å². The molecule has 0 spiro atoms. The average molecular weight is 347 g/mol. The number of ether oxygens (including phenoxy) is 1. The van der Waals surface area contributed by atoms with Crippen molar-refractivity contribution >= 4 is 17.2 Å². The van der Waals surface area contributed by atoms with E-state index in [0.29, 0.717) is 25.5 Å². The maximum atomic E-state index is 12.8. The summed E-state index contributed by atoms with van der Waals surface area (Å²) in [5, 5.41) is 6.11. The molecule has 2 aromatic heterocycles. The highest BCUT2D eigenvalue weighted by molar-refractivity contribution is 7.10. The van der Waals surface area contributed by atoms with Gasteiger partial charge in [0.15, 0.2) is 5.82 Å². The number of carbonyl (C=O) groups excluding carboxylic acids is 1. The number of carbonyl (C=O) groups is 1. The maximum absolute atomic E-state index is 12.8. The van der Waals surface area contributed by atoms with Crippen LogP contribution in [0.2, 0.25) is 0 Å². The average Bonchev–Trinajstić information content (AvgIpc) is 3.24. The van der Waals surface area contributed by atoms with E-state index < -0.39 is 0 Å². The van der Waals surface area contributed by atoms with Crippen LogP contribution in [0, 0.1) is 6.92 Å². The van der Waals surface area contributed by atoms with Crippen LogP contribution in [0.25, 0.3) is 0 Å². The van der Waals surface area contributed by atoms with Gasteiger partial charge in [0.25, 0.3) is 0 Å². The fraction of sp³-hybridized carbons (Fsp3) is 0.588. The van der Waals surface area contributed by atoms with Gasteiger partial charge < -0.3 is 14.2 Å². The molecule has 0 unspecified atom stereocenters. The van der Waals surface area contributed by atoms with E-state index in [1.54, 1.807) is 18.3 Å². The van der Waals surface area contributed by atoms with Crippen molar-refractivity contribution in [1.29, 1.82) is 0 Å². The second-order valence-corrected chi connectivity index (χ2v) is 7.46. The Bertz CT molecular complexity index is 726. The number of likely N-dealkylation sites (tertiary alicyclic amines) is 1. The van der Waals surface area contributed by atoms with E-state index in [1.807, 2.05) is 4.90 Å². The highest BCUT2D eigenvalue weighted by Crippen LogP contribution is 2.34. The minimum Gasteiger partial charge on any atom is -0.373 e. The van der Waals surface area contributed by atoms with E-state index in [1.165, 1.54) is 10.4 Å². The van der Waals surface area contributed by atoms with Gasteiger partial charge in [0.1, 0.15) is 0 Å². The minimum atomic E-state index is -0.0969. The number of hydrogen-bond acceptors (Lipinski definition) is 6. The molecule has 0 radical (unpaired) electrons. The van der Waals surface area contributed by atoms with Crippen LogP contribution >= 0.6 is 11.3 Å². The molecule has 0 N–H and O–H groups in total. The molecule has 2 aliphatic rings. The number of rotatable bonds is 3. The summed E-state index contributed by atoms with van der Waals surface area (Å²) >= 11 is 1.76. The molecule has 7 heteroatoms. The fourth-order valence-corrected chi connectivity index (χ4v) is 4.49. The summed E-state index contributed by atoms with van der Waals surface area (Å²) in [5.74, 6) is 1.63. The molecule has 0 aromatic carbocycles. The van der Waals surface area contributed by atoms with Crippen molar-refractivity contribution in [3.63, 3.8) is 0 Å². The molecule has 1 amide bonds. The van der Waals surface area contributed by atoms with Crippen LogP contribution < -0.4 is 0 Å². The lowest BCUT2D eigenvalue weighted by molar-refractivity contribution is -0.136. The summed E-state index contributed by atoms with van der Waals surface area (Å²) in [6.45, 7) is 3.97. The third kappa shape index (κ3) is 3.10. The smallest absolute Gasteiger partial charge is 0.225 e. The van der Waals surface area contributed by atoms with Gasteiger partial charge in [-0.25, -0.2) is 0 Å². The predicted octanol–water partition coefficient (Wildman–Crippen LogP) is 2.85. The summed E-state index contributed by atoms with van der Waals surface area (Å²) in [6, 6.07) is 2.10. The van der Waals surface area contributed by atoms with Crippen molar-refractivity contribution in [2.75, 3.05) is 19.7 Å². The van der Waals surface area contributed by atoms with Crippen molar-refractivity contribution < 1.29 is 14.1 Å². The lowest BCUT2D eigenvalue weighted by atomic mass is 9.96. The van der Waals surface area contributed by atoms with Gasteiger partial charge in [0.2, 0.25) is 11.8 Å². The van der Waals surface area contributed by atoms with Gasteiger partial charge in [-0.15, -0.1) is 11.3 Å². The molecule has 0 bridgehead atoms. The molecule has 4 rings (SSSR count). The number of aryl methyl sites for hydroxylation is 1. The topological polar surface area (TPSA) is 68.5 Å². The first kappa shape index (κ1) is 15.8. The number of hydrogen-bond donors (Lipinski definition) is 0. The maximum Gasteiger partial charge on any atom is 0.225 e. The van der Waals surface area contributed by atoms with Crippen molar-refractivity contribution in [3.8, 4) is 0 Å². The summed E-state index contributed by atoms with van der Waals surface area (Å²) in [7, 11) is 0. The van der Waals surface area contributed by atoms with Crippen LogP contribution in [-0.2, 0) is 16.0 Å². The molecule has 4 heterocycles. The van der Waals surface area contributed by atoms with E-state index in [9.17, 15) is 4.79 Å². The normalized spacial score (nSPS) is 24.0. The zero-order chi connectivity index (χ0) is 16.5. The summed E-state index contributed by atoms with van der Waals surface area (Å²) in [5.41, 5.74) is 1.20. The van der Waals surface area contributed by atoms with Gasteiger partial charge in [-0.1, -0.05) is 5.16 Å². The SMILES string of the molecule is Cc1nc([C@H]2CCCN(C(=O)C[C@@H]3OCCc4sccc43)C2)no1. The Morgan fingerprint density at radius 1 is 1.50 bits per heavy atom. The van der Waals surface area contributed by atoms with E-state index in [-0.39, 0.29) is 17.9 Å². The van der Waals surface area contributed by atoms with E-state index >= 15 is 0 Å². The Morgan fingerprint density at radius 2 is 2.42 bits per heavy atom. The zero-order valence-electron chi connectivity index (χ0n) is 13.7. The van der Waals surface area contributed by atoms with Gasteiger partial charge in [-0.05, 0) is 29.9 Å². The van der Waals surface area contributed by atoms with Crippen molar-refractivity contribution in [2.45, 2.75) is 44.6 Å². The van der Waals surface area contributed by atoms with Gasteiger partial charge in [-0.2, -0.15) is 4.98 Å². The molecular formula is C17H21N3O3S. The van der Waals surface area contributed by atoms with Crippen LogP contribution in [-0.4, -0.2) is 40.6 Å². The summed E-state index contributed by atoms with van der Waals surface area (Å²) in [6.07, 6.45) is 3.25. The lowest BCUT2D eigenvalue weighted by Crippen LogP contribution is -2.40. The van der Waals surface area contributed by atoms with E-state index in [0.717, 1.165) is 31.6 Å². The minimum absolute atomic E-state index is 0.0969. The van der Waals surface area contributed by atoms with Crippen LogP contribution in [0.4, 0.5) is 0 Å². The van der Waals surface area contributed by atoms with Gasteiger partial charge >= 0.3 is 0 Å². The number of fused-ring (bicyclic) bond motifs is 1. The molecule has 2 aliphatic heterocycles. The number of thiophene rings is 1. The van der Waals surface area contributed by atoms with E-state index in [2.05, 4.69) is 21.6 Å². The van der Waals surface area contributed by atoms with Gasteiger partial charge in [0.05, 0.1) is 19.1 Å². The molecular weight excluding hydrogens is 326 g/mol. The molecule has 2 aromatic rings. The van der Waals surface area contributed by atoms with Crippen molar-refractivity contribution in [3.05, 3.63) is 33.6 Å². The number of aromatic nitrogens is 2. The number of amides is 1. The molecule has 0 aliphatic carbocycles. The zero-order valence-corrected chi connectivity index (χ0v) is 14.6. The standard InChI is InChI=1S/C17H21N3O3S/c1-11-18-17(19-23-11)12-3-2-6-20(10-12)16(21)9-14-13-5-8-24-15(13)4-7-22-14/h5,8,12,14H,2-4,6-7,9-10H2,1H3/t12-,14-/m0/s1. The third-order valence-electron chi connectivity index (χ3n) is 4.82. The molecule has 24 heavy (non-hydrogen) atoms. The lowest BCUT2D eigenvalue weighted by Gasteiger charge is -2.33. The van der Waals surface area contributed by atoms with Crippen LogP contribution in [0.1, 0.15) is 53.4 Å². The quantitative estimate of drug-likeness (QED) is 0.854. The molecule has 2 atom stereocenters. The fourth-order valence-electron chi connectivity index (χ4n) is 3.58. The van der Waals surface area contributed by atoms with Crippen LogP contribution in [0.3, 0.4) is 0 Å². The highest BCUT2D eigenvalue weighted by atomic mass is 32.1. The van der Waals surface area contributed by atoms with Gasteiger partial charge in [-0.3, -0.25) is 4.79 Å². The second kappa shape index (κ2) is 6.64. The molecule has 1 saturated heterocycles. The monoisotopic (exact) mass is 347 g/mol. The second-order valence-electron chi connectivity index (χ2n) is 6.46. The largest absolute Gasteiger partial charge is 0.373 e. The van der Waals surface area contributed by atoms with Crippen molar-refractivity contribution in [1.82, 2.24) is 15.0 Å². The Hall–Kier alpha value is -1.73. The molecule has 1 fully saturated rings. The number of nitrogens with zero attached hydrogens (tertiary/aromatic N) is 3. The predicted molar refractivity (Wildman–Crippen MR) is 88.9 cm³/mol. The summed E-state index contributed by atoms with van der Waals surface area (Å²) < 4.78 is 10.9. The summed E-state index contributed by atoms with van der Waals surface area (Å²) in [4.78, 5) is 20.4. The Morgan fingerprint density at radius 3 is 3.25 bits per heavy atom. The Balaban J connectivity index is 1.42. The molecule has 6 nitrogen and oxygen atoms in total. The number of piperidine rings is 1. The van der Waals surface area contributed by atoms with Crippen LogP contribution in [0.15, 0.2) is 16.0 Å². The molecule has 128 valence electrons. The third-order valence-corrected chi connectivity index (χ3v) is 5.81. The van der Waals surface area contributed by atoms with E-state index in [4.69, 9.17) is 9.26 Å². The Labute approximate surface area is 144 Å². The van der Waals surface area contributed by atoms with Crippen LogP contribution in [0.5, 0.6) is 0 Å². The molecule has 0 saturated carbocycles. The first-order chi connectivity index (χ1) is 11.7. The first-order valence-electron chi connectivity index (χ1n) is 8.46. The van der Waals surface area contributed by atoms with Gasteiger partial charge in [0, 0.05) is 37.2 Å². The first-order valence-corrected chi connectivity index (χ1v) is 9.34. The Kier molecular flexibility index (Phi) is 4.37.